The van der Waals surface area contributed by atoms with Crippen LogP contribution in [0.5, 0.6) is 5.75 Å². The van der Waals surface area contributed by atoms with Gasteiger partial charge in [-0.3, -0.25) is 0 Å². The molecule has 136 valence electrons. The minimum absolute atomic E-state index is 0.0784. The average molecular weight is 353 g/mol. The molecule has 0 bridgehead atoms. The van der Waals surface area contributed by atoms with Crippen LogP contribution in [0, 0.1) is 5.92 Å². The highest BCUT2D eigenvalue weighted by Gasteiger charge is 2.28. The van der Waals surface area contributed by atoms with Gasteiger partial charge in [0.2, 0.25) is 0 Å². The molecule has 1 atom stereocenters. The van der Waals surface area contributed by atoms with Gasteiger partial charge in [0.1, 0.15) is 5.75 Å². The molecule has 4 N–H and O–H groups in total. The minimum Gasteiger partial charge on any atom is -0.484 e. The van der Waals surface area contributed by atoms with Gasteiger partial charge in [-0.1, -0.05) is 32.0 Å². The summed E-state index contributed by atoms with van der Waals surface area (Å²) in [5.74, 6) is 6.46. The highest BCUT2D eigenvalue weighted by molar-refractivity contribution is 5.84. The van der Waals surface area contributed by atoms with E-state index < -0.39 is 12.8 Å². The Hall–Kier alpha value is -2.41. The number of benzene rings is 2. The van der Waals surface area contributed by atoms with Gasteiger partial charge in [0.25, 0.3) is 0 Å². The van der Waals surface area contributed by atoms with Crippen molar-refractivity contribution in [3.63, 3.8) is 0 Å². The summed E-state index contributed by atoms with van der Waals surface area (Å²) in [5.41, 5.74) is 6.41. The van der Waals surface area contributed by atoms with Crippen LogP contribution in [-0.4, -0.2) is 17.8 Å². The number of ether oxygens (including phenoxy) is 1. The number of nitrogens with zero attached hydrogens (tertiary/aromatic N) is 1. The average Bonchev–Trinajstić information content (AvgIpc) is 2.52. The largest absolute Gasteiger partial charge is 0.484 e. The van der Waals surface area contributed by atoms with Crippen LogP contribution < -0.4 is 16.3 Å². The molecule has 0 spiro atoms. The fourth-order valence-corrected chi connectivity index (χ4v) is 2.77. The molecule has 0 radical (unpaired) electrons. The fourth-order valence-electron chi connectivity index (χ4n) is 2.77. The predicted molar refractivity (Wildman–Crippen MR) is 92.4 cm³/mol. The topological polar surface area (TPSA) is 64.5 Å². The van der Waals surface area contributed by atoms with E-state index in [4.69, 9.17) is 16.3 Å². The molecular weight excluding hydrogens is 331 g/mol. The van der Waals surface area contributed by atoms with Crippen LogP contribution in [0.15, 0.2) is 48.8 Å². The van der Waals surface area contributed by atoms with Gasteiger partial charge in [-0.25, -0.2) is 5.84 Å². The van der Waals surface area contributed by atoms with Gasteiger partial charge >= 0.3 is 6.18 Å². The Bertz CT molecular complexity index is 744. The summed E-state index contributed by atoms with van der Waals surface area (Å²) < 4.78 is 41.6. The fraction of sp³-hybridized carbons (Fsp3) is 0.333. The van der Waals surface area contributed by atoms with Crippen LogP contribution in [-0.2, 0) is 0 Å². The highest BCUT2D eigenvalue weighted by Crippen LogP contribution is 2.31. The van der Waals surface area contributed by atoms with E-state index in [1.165, 1.54) is 12.3 Å². The van der Waals surface area contributed by atoms with Crippen molar-refractivity contribution in [2.45, 2.75) is 26.1 Å². The zero-order valence-electron chi connectivity index (χ0n) is 14.1. The standard InChI is InChI=1S/C18H22F3N3O/c1-12(2)17(24(23)8-7-22)15-4-3-14-10-16(6-5-13(14)9-15)25-11-18(19,20)21/h3-10,12,17H,11,22-23H2,1-2H3/b8-7-. The van der Waals surface area contributed by atoms with Gasteiger partial charge in [0.15, 0.2) is 6.61 Å². The quantitative estimate of drug-likeness (QED) is 0.607. The molecule has 25 heavy (non-hydrogen) atoms. The zero-order chi connectivity index (χ0) is 18.6. The Labute approximate surface area is 144 Å². The first kappa shape index (κ1) is 18.9. The van der Waals surface area contributed by atoms with E-state index in [2.05, 4.69) is 0 Å². The Balaban J connectivity index is 2.30. The number of nitrogens with two attached hydrogens (primary N) is 2. The van der Waals surface area contributed by atoms with Crippen LogP contribution in [0.2, 0.25) is 0 Å². The summed E-state index contributed by atoms with van der Waals surface area (Å²) in [4.78, 5) is 0. The van der Waals surface area contributed by atoms with Crippen LogP contribution >= 0.6 is 0 Å². The molecule has 1 unspecified atom stereocenters. The van der Waals surface area contributed by atoms with Gasteiger partial charge in [0, 0.05) is 12.4 Å². The highest BCUT2D eigenvalue weighted by atomic mass is 19.4. The number of hydrogen-bond donors (Lipinski definition) is 2. The van der Waals surface area contributed by atoms with Gasteiger partial charge < -0.3 is 15.5 Å². The lowest BCUT2D eigenvalue weighted by atomic mass is 9.93. The van der Waals surface area contributed by atoms with E-state index in [-0.39, 0.29) is 17.7 Å². The van der Waals surface area contributed by atoms with E-state index in [1.54, 1.807) is 23.3 Å². The monoisotopic (exact) mass is 353 g/mol. The van der Waals surface area contributed by atoms with Crippen molar-refractivity contribution in [3.05, 3.63) is 54.4 Å². The molecule has 2 aromatic carbocycles. The maximum atomic E-state index is 12.3. The first-order valence-corrected chi connectivity index (χ1v) is 7.86. The number of fused-ring (bicyclic) bond motifs is 1. The second-order valence-corrected chi connectivity index (χ2v) is 6.15. The summed E-state index contributed by atoms with van der Waals surface area (Å²) >= 11 is 0. The lowest BCUT2D eigenvalue weighted by Gasteiger charge is -2.30. The summed E-state index contributed by atoms with van der Waals surface area (Å²) in [6.45, 7) is 2.79. The van der Waals surface area contributed by atoms with Crippen molar-refractivity contribution in [3.8, 4) is 5.75 Å². The van der Waals surface area contributed by atoms with Crippen molar-refractivity contribution >= 4 is 10.8 Å². The SMILES string of the molecule is CC(C)C(c1ccc2cc(OCC(F)(F)F)ccc2c1)N(N)/C=C\N. The summed E-state index contributed by atoms with van der Waals surface area (Å²) in [6, 6.07) is 10.5. The Morgan fingerprint density at radius 2 is 1.76 bits per heavy atom. The molecule has 4 nitrogen and oxygen atoms in total. The molecule has 0 fully saturated rings. The maximum absolute atomic E-state index is 12.3. The Morgan fingerprint density at radius 3 is 2.36 bits per heavy atom. The van der Waals surface area contributed by atoms with Crippen molar-refractivity contribution in [1.29, 1.82) is 0 Å². The number of halogens is 3. The molecule has 0 saturated heterocycles. The van der Waals surface area contributed by atoms with Gasteiger partial charge in [-0.15, -0.1) is 0 Å². The van der Waals surface area contributed by atoms with Crippen molar-refractivity contribution in [1.82, 2.24) is 5.01 Å². The molecule has 2 rings (SSSR count). The predicted octanol–water partition coefficient (Wildman–Crippen LogP) is 4.08. The molecule has 0 aliphatic heterocycles. The zero-order valence-corrected chi connectivity index (χ0v) is 14.1. The second kappa shape index (κ2) is 7.65. The third kappa shape index (κ3) is 5.03. The van der Waals surface area contributed by atoms with E-state index >= 15 is 0 Å². The van der Waals surface area contributed by atoms with Gasteiger partial charge in [-0.2, -0.15) is 13.2 Å². The van der Waals surface area contributed by atoms with E-state index in [9.17, 15) is 13.2 Å². The molecule has 0 heterocycles. The van der Waals surface area contributed by atoms with Crippen molar-refractivity contribution in [2.75, 3.05) is 6.61 Å². The first-order chi connectivity index (χ1) is 11.7. The van der Waals surface area contributed by atoms with Crippen LogP contribution in [0.3, 0.4) is 0 Å². The van der Waals surface area contributed by atoms with Crippen LogP contribution in [0.4, 0.5) is 13.2 Å². The van der Waals surface area contributed by atoms with E-state index in [0.29, 0.717) is 0 Å². The minimum atomic E-state index is -4.36. The van der Waals surface area contributed by atoms with Gasteiger partial charge in [-0.05, 0) is 40.5 Å². The number of hydrazine groups is 1. The molecule has 7 heteroatoms. The molecule has 0 aromatic heterocycles. The summed E-state index contributed by atoms with van der Waals surface area (Å²) in [6.07, 6.45) is -1.38. The van der Waals surface area contributed by atoms with Crippen LogP contribution in [0.1, 0.15) is 25.5 Å². The lowest BCUT2D eigenvalue weighted by Crippen LogP contribution is -2.33. The number of rotatable bonds is 6. The van der Waals surface area contributed by atoms with Crippen molar-refractivity contribution < 1.29 is 17.9 Å². The smallest absolute Gasteiger partial charge is 0.422 e. The molecule has 2 aromatic rings. The van der Waals surface area contributed by atoms with Crippen molar-refractivity contribution in [2.24, 2.45) is 17.5 Å². The number of hydrogen-bond acceptors (Lipinski definition) is 4. The normalized spacial score (nSPS) is 13.6. The summed E-state index contributed by atoms with van der Waals surface area (Å²) in [7, 11) is 0. The van der Waals surface area contributed by atoms with Crippen LogP contribution in [0.25, 0.3) is 10.8 Å². The Kier molecular flexibility index (Phi) is 5.79. The number of alkyl halides is 3. The lowest BCUT2D eigenvalue weighted by molar-refractivity contribution is -0.153. The maximum Gasteiger partial charge on any atom is 0.422 e. The van der Waals surface area contributed by atoms with Gasteiger partial charge in [0.05, 0.1) is 6.04 Å². The molecular formula is C18H22F3N3O. The molecule has 0 aliphatic carbocycles. The molecule has 0 saturated carbocycles. The second-order valence-electron chi connectivity index (χ2n) is 6.15. The third-order valence-electron chi connectivity index (χ3n) is 3.79. The molecule has 0 aliphatic rings. The van der Waals surface area contributed by atoms with E-state index in [0.717, 1.165) is 16.3 Å². The first-order valence-electron chi connectivity index (χ1n) is 7.86. The summed E-state index contributed by atoms with van der Waals surface area (Å²) in [5, 5.41) is 3.24. The third-order valence-corrected chi connectivity index (χ3v) is 3.79. The molecule has 0 amide bonds. The van der Waals surface area contributed by atoms with E-state index in [1.807, 2.05) is 32.0 Å². The Morgan fingerprint density at radius 1 is 1.12 bits per heavy atom.